The number of aryl methyl sites for hydroxylation is 2. The Hall–Kier alpha value is -3.84. The molecule has 0 spiro atoms. The molecule has 0 radical (unpaired) electrons. The lowest BCUT2D eigenvalue weighted by Gasteiger charge is -2.15. The van der Waals surface area contributed by atoms with E-state index in [-0.39, 0.29) is 22.8 Å². The lowest BCUT2D eigenvalue weighted by molar-refractivity contribution is -0.117. The number of benzene rings is 2. The van der Waals surface area contributed by atoms with Crippen LogP contribution in [-0.2, 0) is 14.3 Å². The van der Waals surface area contributed by atoms with Crippen LogP contribution >= 0.6 is 11.6 Å². The molecule has 2 amide bonds. The average Bonchev–Trinajstić information content (AvgIpc) is 3.36. The largest absolute Gasteiger partial charge is 0.462 e. The number of hydrazine groups is 1. The summed E-state index contributed by atoms with van der Waals surface area (Å²) in [5.41, 5.74) is 6.04. The molecule has 1 N–H and O–H groups in total. The van der Waals surface area contributed by atoms with E-state index >= 15 is 0 Å². The Kier molecular flexibility index (Phi) is 6.07. The minimum atomic E-state index is -0.530. The number of hydrogen-bond acceptors (Lipinski definition) is 5. The first-order chi connectivity index (χ1) is 15.8. The first kappa shape index (κ1) is 22.4. The normalized spacial score (nSPS) is 14.7. The molecule has 1 aromatic heterocycles. The summed E-state index contributed by atoms with van der Waals surface area (Å²) in [5, 5.41) is 1.49. The second-order valence-electron chi connectivity index (χ2n) is 7.53. The number of ether oxygens (including phenoxy) is 1. The molecular formula is C25H21ClN2O5. The fourth-order valence-electron chi connectivity index (χ4n) is 3.38. The van der Waals surface area contributed by atoms with Crippen molar-refractivity contribution in [3.05, 3.63) is 81.6 Å². The molecule has 2 aromatic carbocycles. The maximum absolute atomic E-state index is 12.9. The second-order valence-corrected chi connectivity index (χ2v) is 7.93. The Balaban J connectivity index is 1.60. The average molecular weight is 465 g/mol. The molecule has 0 aliphatic carbocycles. The third-order valence-corrected chi connectivity index (χ3v) is 5.63. The Bertz CT molecular complexity index is 1310. The van der Waals surface area contributed by atoms with Crippen molar-refractivity contribution in [2.24, 2.45) is 0 Å². The van der Waals surface area contributed by atoms with Crippen LogP contribution in [-0.4, -0.2) is 24.4 Å². The van der Waals surface area contributed by atoms with E-state index in [9.17, 15) is 14.4 Å². The van der Waals surface area contributed by atoms with Gasteiger partial charge < -0.3 is 9.15 Å². The van der Waals surface area contributed by atoms with Crippen molar-refractivity contribution < 1.29 is 23.5 Å². The first-order valence-electron chi connectivity index (χ1n) is 10.3. The quantitative estimate of drug-likeness (QED) is 0.331. The molecule has 0 bridgehead atoms. The number of carbonyl (C=O) groups excluding carboxylic acids is 3. The Morgan fingerprint density at radius 3 is 2.61 bits per heavy atom. The molecule has 1 fully saturated rings. The maximum atomic E-state index is 12.9. The van der Waals surface area contributed by atoms with E-state index in [1.165, 1.54) is 11.1 Å². The number of hydrogen-bond donors (Lipinski definition) is 1. The van der Waals surface area contributed by atoms with E-state index in [1.807, 2.05) is 26.0 Å². The van der Waals surface area contributed by atoms with E-state index in [0.717, 1.165) is 11.1 Å². The molecule has 33 heavy (non-hydrogen) atoms. The van der Waals surface area contributed by atoms with Gasteiger partial charge in [0.05, 0.1) is 22.9 Å². The number of esters is 1. The van der Waals surface area contributed by atoms with Gasteiger partial charge in [-0.3, -0.25) is 15.0 Å². The van der Waals surface area contributed by atoms with Gasteiger partial charge in [-0.15, -0.1) is 0 Å². The highest BCUT2D eigenvalue weighted by Gasteiger charge is 2.35. The van der Waals surface area contributed by atoms with Crippen LogP contribution in [0.4, 0.5) is 5.69 Å². The Labute approximate surface area is 195 Å². The van der Waals surface area contributed by atoms with Crippen molar-refractivity contribution in [1.82, 2.24) is 5.43 Å². The SMILES string of the molecule is CCOC(=O)c1cc(-c2ccc(C=C3C(=O)NN(c4ccc(C)c(C)c4)C3=O)o2)ccc1Cl. The third-order valence-electron chi connectivity index (χ3n) is 5.30. The van der Waals surface area contributed by atoms with Gasteiger partial charge in [-0.2, -0.15) is 0 Å². The molecule has 0 atom stereocenters. The summed E-state index contributed by atoms with van der Waals surface area (Å²) in [4.78, 5) is 37.5. The van der Waals surface area contributed by atoms with Gasteiger partial charge in [0.25, 0.3) is 11.8 Å². The van der Waals surface area contributed by atoms with Crippen LogP contribution in [0.3, 0.4) is 0 Å². The van der Waals surface area contributed by atoms with Crippen LogP contribution in [0.5, 0.6) is 0 Å². The van der Waals surface area contributed by atoms with E-state index in [4.69, 9.17) is 20.8 Å². The second kappa shape index (κ2) is 8.96. The smallest absolute Gasteiger partial charge is 0.339 e. The van der Waals surface area contributed by atoms with Crippen LogP contribution in [0.2, 0.25) is 5.02 Å². The molecule has 0 unspecified atom stereocenters. The predicted molar refractivity (Wildman–Crippen MR) is 125 cm³/mol. The Morgan fingerprint density at radius 2 is 1.88 bits per heavy atom. The number of carbonyl (C=O) groups is 3. The van der Waals surface area contributed by atoms with Gasteiger partial charge in [-0.25, -0.2) is 9.80 Å². The van der Waals surface area contributed by atoms with Gasteiger partial charge in [0.1, 0.15) is 17.1 Å². The summed E-state index contributed by atoms with van der Waals surface area (Å²) in [6.07, 6.45) is 1.39. The fraction of sp³-hybridized carbons (Fsp3) is 0.160. The molecule has 1 saturated heterocycles. The molecule has 168 valence electrons. The molecule has 7 nitrogen and oxygen atoms in total. The van der Waals surface area contributed by atoms with Crippen molar-refractivity contribution in [2.75, 3.05) is 11.6 Å². The number of furan rings is 1. The number of rotatable bonds is 5. The van der Waals surface area contributed by atoms with Crippen molar-refractivity contribution in [2.45, 2.75) is 20.8 Å². The summed E-state index contributed by atoms with van der Waals surface area (Å²) in [5.74, 6) is -0.763. The van der Waals surface area contributed by atoms with E-state index < -0.39 is 17.8 Å². The molecule has 1 aliphatic rings. The topological polar surface area (TPSA) is 88.9 Å². The standard InChI is InChI=1S/C25H21ClN2O5/c1-4-32-25(31)19-12-16(6-9-21(19)26)22-10-8-18(33-22)13-20-23(29)27-28(24(20)30)17-7-5-14(2)15(3)11-17/h5-13H,4H2,1-3H3,(H,27,29). The third kappa shape index (κ3) is 4.40. The van der Waals surface area contributed by atoms with Crippen molar-refractivity contribution in [3.8, 4) is 11.3 Å². The number of anilines is 1. The summed E-state index contributed by atoms with van der Waals surface area (Å²) in [6.45, 7) is 5.85. The highest BCUT2D eigenvalue weighted by Crippen LogP contribution is 2.29. The minimum Gasteiger partial charge on any atom is -0.462 e. The summed E-state index contributed by atoms with van der Waals surface area (Å²) < 4.78 is 10.8. The van der Waals surface area contributed by atoms with E-state index in [1.54, 1.807) is 43.3 Å². The molecule has 3 aromatic rings. The van der Waals surface area contributed by atoms with Crippen LogP contribution in [0, 0.1) is 13.8 Å². The van der Waals surface area contributed by atoms with Gasteiger partial charge >= 0.3 is 5.97 Å². The van der Waals surface area contributed by atoms with Crippen LogP contribution in [0.15, 0.2) is 58.5 Å². The molecule has 1 aliphatic heterocycles. The molecule has 4 rings (SSSR count). The van der Waals surface area contributed by atoms with Crippen molar-refractivity contribution >= 4 is 41.1 Å². The van der Waals surface area contributed by atoms with E-state index in [2.05, 4.69) is 5.43 Å². The van der Waals surface area contributed by atoms with Gasteiger partial charge in [-0.1, -0.05) is 17.7 Å². The van der Waals surface area contributed by atoms with Crippen LogP contribution in [0.25, 0.3) is 17.4 Å². The van der Waals surface area contributed by atoms with Gasteiger partial charge in [0.2, 0.25) is 0 Å². The zero-order chi connectivity index (χ0) is 23.7. The molecule has 2 heterocycles. The summed E-state index contributed by atoms with van der Waals surface area (Å²) >= 11 is 6.12. The van der Waals surface area contributed by atoms with Crippen LogP contribution in [0.1, 0.15) is 34.2 Å². The first-order valence-corrected chi connectivity index (χ1v) is 10.7. The number of halogens is 1. The van der Waals surface area contributed by atoms with Gasteiger partial charge in [-0.05, 0) is 80.4 Å². The molecular weight excluding hydrogens is 444 g/mol. The Morgan fingerprint density at radius 1 is 1.09 bits per heavy atom. The fourth-order valence-corrected chi connectivity index (χ4v) is 3.57. The van der Waals surface area contributed by atoms with Crippen molar-refractivity contribution in [1.29, 1.82) is 0 Å². The minimum absolute atomic E-state index is 0.0440. The van der Waals surface area contributed by atoms with Crippen molar-refractivity contribution in [3.63, 3.8) is 0 Å². The molecule has 0 saturated carbocycles. The van der Waals surface area contributed by atoms with Gasteiger partial charge in [0, 0.05) is 5.56 Å². The lowest BCUT2D eigenvalue weighted by Crippen LogP contribution is -2.35. The summed E-state index contributed by atoms with van der Waals surface area (Å²) in [7, 11) is 0. The van der Waals surface area contributed by atoms with Gasteiger partial charge in [0.15, 0.2) is 0 Å². The maximum Gasteiger partial charge on any atom is 0.339 e. The van der Waals surface area contributed by atoms with Crippen LogP contribution < -0.4 is 10.4 Å². The zero-order valence-electron chi connectivity index (χ0n) is 18.3. The monoisotopic (exact) mass is 464 g/mol. The number of nitrogens with one attached hydrogen (secondary N) is 1. The van der Waals surface area contributed by atoms with E-state index in [0.29, 0.717) is 22.8 Å². The lowest BCUT2D eigenvalue weighted by atomic mass is 10.1. The predicted octanol–water partition coefficient (Wildman–Crippen LogP) is 4.85. The number of nitrogens with zero attached hydrogens (tertiary/aromatic N) is 1. The zero-order valence-corrected chi connectivity index (χ0v) is 19.0. The molecule has 8 heteroatoms. The highest BCUT2D eigenvalue weighted by molar-refractivity contribution is 6.33. The summed E-state index contributed by atoms with van der Waals surface area (Å²) in [6, 6.07) is 13.7. The number of amides is 2. The highest BCUT2D eigenvalue weighted by atomic mass is 35.5.